The van der Waals surface area contributed by atoms with Crippen LogP contribution in [0.5, 0.6) is 5.75 Å². The van der Waals surface area contributed by atoms with Crippen LogP contribution < -0.4 is 10.1 Å². The van der Waals surface area contributed by atoms with E-state index in [0.717, 1.165) is 22.4 Å². The van der Waals surface area contributed by atoms with Crippen molar-refractivity contribution in [2.45, 2.75) is 25.2 Å². The summed E-state index contributed by atoms with van der Waals surface area (Å²) in [5, 5.41) is 11.6. The van der Waals surface area contributed by atoms with Crippen LogP contribution >= 0.6 is 23.1 Å². The Bertz CT molecular complexity index is 1080. The molecule has 2 aromatic heterocycles. The quantitative estimate of drug-likeness (QED) is 0.413. The van der Waals surface area contributed by atoms with Crippen molar-refractivity contribution in [1.29, 1.82) is 0 Å². The van der Waals surface area contributed by atoms with Crippen LogP contribution in [-0.2, 0) is 17.8 Å². The largest absolute Gasteiger partial charge is 0.484 e. The average molecular weight is 427 g/mol. The molecule has 1 N–H and O–H groups in total. The Labute approximate surface area is 175 Å². The van der Waals surface area contributed by atoms with Gasteiger partial charge in [-0.1, -0.05) is 54.3 Å². The molecule has 148 valence electrons. The molecule has 4 rings (SSSR count). The number of carbonyl (C=O) groups excluding carboxylic acids is 1. The Hall–Kier alpha value is -2.91. The highest BCUT2D eigenvalue weighted by Crippen LogP contribution is 2.26. The summed E-state index contributed by atoms with van der Waals surface area (Å²) >= 11 is 2.61. The maximum Gasteiger partial charge on any atom is 0.277 e. The molecule has 0 fully saturated rings. The number of fused-ring (bicyclic) bond motifs is 1. The van der Waals surface area contributed by atoms with Gasteiger partial charge in [-0.25, -0.2) is 4.98 Å². The molecule has 4 aromatic rings. The summed E-state index contributed by atoms with van der Waals surface area (Å²) in [5.74, 6) is 1.07. The minimum absolute atomic E-state index is 0.150. The summed E-state index contributed by atoms with van der Waals surface area (Å²) < 4.78 is 12.2. The first-order chi connectivity index (χ1) is 14.2. The molecule has 0 aliphatic carbocycles. The van der Waals surface area contributed by atoms with Crippen LogP contribution in [0.2, 0.25) is 0 Å². The number of aromatic nitrogens is 3. The topological polar surface area (TPSA) is 90.1 Å². The Morgan fingerprint density at radius 2 is 2.00 bits per heavy atom. The number of nitrogens with zero attached hydrogens (tertiary/aromatic N) is 3. The number of nitrogens with one attached hydrogen (secondary N) is 1. The fourth-order valence-corrected chi connectivity index (χ4v) is 3.99. The van der Waals surface area contributed by atoms with Gasteiger partial charge in [0, 0.05) is 0 Å². The van der Waals surface area contributed by atoms with Gasteiger partial charge in [-0.2, -0.15) is 0 Å². The molecule has 0 aliphatic rings. The molecule has 9 heteroatoms. The fourth-order valence-electron chi connectivity index (χ4n) is 2.53. The predicted octanol–water partition coefficient (Wildman–Crippen LogP) is 4.55. The van der Waals surface area contributed by atoms with Crippen LogP contribution in [0.1, 0.15) is 18.4 Å². The average Bonchev–Trinajstić information content (AvgIpc) is 3.37. The van der Waals surface area contributed by atoms with Crippen molar-refractivity contribution >= 4 is 44.4 Å². The zero-order valence-corrected chi connectivity index (χ0v) is 17.3. The SMILES string of the molecule is CCc1ccc(OCc2nnc(SCC(=O)Nc3nc4ccccc4s3)o2)cc1. The van der Waals surface area contributed by atoms with Crippen molar-refractivity contribution < 1.29 is 13.9 Å². The molecule has 0 unspecified atom stereocenters. The van der Waals surface area contributed by atoms with E-state index in [0.29, 0.717) is 16.2 Å². The van der Waals surface area contributed by atoms with Gasteiger partial charge < -0.3 is 14.5 Å². The number of amides is 1. The predicted molar refractivity (Wildman–Crippen MR) is 113 cm³/mol. The summed E-state index contributed by atoms with van der Waals surface area (Å²) in [6, 6.07) is 15.6. The lowest BCUT2D eigenvalue weighted by Gasteiger charge is -2.03. The number of hydrogen-bond acceptors (Lipinski definition) is 8. The maximum absolute atomic E-state index is 12.2. The number of thioether (sulfide) groups is 1. The summed E-state index contributed by atoms with van der Waals surface area (Å²) in [6.45, 7) is 2.28. The summed E-state index contributed by atoms with van der Waals surface area (Å²) in [7, 11) is 0. The second-order valence-corrected chi connectivity index (χ2v) is 8.03. The van der Waals surface area contributed by atoms with E-state index in [4.69, 9.17) is 9.15 Å². The van der Waals surface area contributed by atoms with Crippen LogP contribution in [0.3, 0.4) is 0 Å². The van der Waals surface area contributed by atoms with Crippen molar-refractivity contribution in [3.05, 3.63) is 60.0 Å². The van der Waals surface area contributed by atoms with Gasteiger partial charge in [0.1, 0.15) is 5.75 Å². The van der Waals surface area contributed by atoms with E-state index < -0.39 is 0 Å². The molecule has 0 atom stereocenters. The molecule has 0 saturated carbocycles. The van der Waals surface area contributed by atoms with E-state index >= 15 is 0 Å². The number of rotatable bonds is 8. The van der Waals surface area contributed by atoms with E-state index in [2.05, 4.69) is 27.4 Å². The standard InChI is InChI=1S/C20H18N4O3S2/c1-2-13-7-9-14(10-8-13)26-11-18-23-24-20(27-18)28-12-17(25)22-19-21-15-5-3-4-6-16(15)29-19/h3-10H,2,11-12H2,1H3,(H,21,22,25). The summed E-state index contributed by atoms with van der Waals surface area (Å²) in [5.41, 5.74) is 2.12. The number of ether oxygens (including phenoxy) is 1. The normalized spacial score (nSPS) is 10.9. The number of aryl methyl sites for hydroxylation is 1. The van der Waals surface area contributed by atoms with Crippen LogP contribution in [-0.4, -0.2) is 26.8 Å². The second-order valence-electron chi connectivity index (χ2n) is 6.07. The molecule has 0 spiro atoms. The van der Waals surface area contributed by atoms with Gasteiger partial charge in [0.05, 0.1) is 16.0 Å². The molecule has 1 amide bonds. The molecule has 2 aromatic carbocycles. The molecule has 0 saturated heterocycles. The van der Waals surface area contributed by atoms with Crippen molar-refractivity contribution in [3.63, 3.8) is 0 Å². The Kier molecular flexibility index (Phi) is 6.06. The van der Waals surface area contributed by atoms with E-state index in [1.165, 1.54) is 28.7 Å². The highest BCUT2D eigenvalue weighted by Gasteiger charge is 2.12. The molecule has 7 nitrogen and oxygen atoms in total. The van der Waals surface area contributed by atoms with Crippen molar-refractivity contribution in [2.75, 3.05) is 11.1 Å². The first-order valence-electron chi connectivity index (χ1n) is 9.02. The minimum Gasteiger partial charge on any atom is -0.484 e. The van der Waals surface area contributed by atoms with Gasteiger partial charge in [-0.3, -0.25) is 4.79 Å². The van der Waals surface area contributed by atoms with E-state index in [-0.39, 0.29) is 18.3 Å². The lowest BCUT2D eigenvalue weighted by molar-refractivity contribution is -0.113. The number of para-hydroxylation sites is 1. The number of anilines is 1. The highest BCUT2D eigenvalue weighted by molar-refractivity contribution is 7.99. The lowest BCUT2D eigenvalue weighted by atomic mass is 10.2. The number of benzene rings is 2. The molecule has 0 bridgehead atoms. The fraction of sp³-hybridized carbons (Fsp3) is 0.200. The monoisotopic (exact) mass is 426 g/mol. The zero-order valence-electron chi connectivity index (χ0n) is 15.6. The minimum atomic E-state index is -0.180. The van der Waals surface area contributed by atoms with Crippen molar-refractivity contribution in [3.8, 4) is 5.75 Å². The number of thiazole rings is 1. The molecule has 0 aliphatic heterocycles. The molecular weight excluding hydrogens is 408 g/mol. The van der Waals surface area contributed by atoms with Gasteiger partial charge in [-0.05, 0) is 36.2 Å². The maximum atomic E-state index is 12.2. The first kappa shape index (κ1) is 19.4. The Balaban J connectivity index is 1.25. The Morgan fingerprint density at radius 1 is 1.17 bits per heavy atom. The van der Waals surface area contributed by atoms with Gasteiger partial charge in [-0.15, -0.1) is 10.2 Å². The van der Waals surface area contributed by atoms with Gasteiger partial charge in [0.25, 0.3) is 11.1 Å². The zero-order chi connectivity index (χ0) is 20.1. The van der Waals surface area contributed by atoms with Crippen molar-refractivity contribution in [1.82, 2.24) is 15.2 Å². The van der Waals surface area contributed by atoms with Crippen LogP contribution in [0.25, 0.3) is 10.2 Å². The lowest BCUT2D eigenvalue weighted by Crippen LogP contribution is -2.13. The highest BCUT2D eigenvalue weighted by atomic mass is 32.2. The van der Waals surface area contributed by atoms with Crippen LogP contribution in [0.15, 0.2) is 58.2 Å². The Morgan fingerprint density at radius 3 is 2.79 bits per heavy atom. The summed E-state index contributed by atoms with van der Waals surface area (Å²) in [4.78, 5) is 16.5. The molecule has 2 heterocycles. The number of carbonyl (C=O) groups is 1. The van der Waals surface area contributed by atoms with Crippen LogP contribution in [0.4, 0.5) is 5.13 Å². The third kappa shape index (κ3) is 5.12. The van der Waals surface area contributed by atoms with E-state index in [9.17, 15) is 4.79 Å². The third-order valence-electron chi connectivity index (χ3n) is 4.01. The molecule has 29 heavy (non-hydrogen) atoms. The van der Waals surface area contributed by atoms with Crippen molar-refractivity contribution in [2.24, 2.45) is 0 Å². The van der Waals surface area contributed by atoms with Crippen LogP contribution in [0, 0.1) is 0 Å². The van der Waals surface area contributed by atoms with Gasteiger partial charge in [0.2, 0.25) is 5.91 Å². The van der Waals surface area contributed by atoms with Gasteiger partial charge in [0.15, 0.2) is 11.7 Å². The first-order valence-corrected chi connectivity index (χ1v) is 10.8. The molecule has 0 radical (unpaired) electrons. The van der Waals surface area contributed by atoms with Gasteiger partial charge >= 0.3 is 0 Å². The second kappa shape index (κ2) is 9.06. The summed E-state index contributed by atoms with van der Waals surface area (Å²) in [6.07, 6.45) is 0.983. The number of hydrogen-bond donors (Lipinski definition) is 1. The smallest absolute Gasteiger partial charge is 0.277 e. The van der Waals surface area contributed by atoms with E-state index in [1.807, 2.05) is 48.5 Å². The third-order valence-corrected chi connectivity index (χ3v) is 5.78. The molecular formula is C20H18N4O3S2. The van der Waals surface area contributed by atoms with E-state index in [1.54, 1.807) is 0 Å².